The lowest BCUT2D eigenvalue weighted by molar-refractivity contribution is -0.0628. The molecule has 0 spiro atoms. The van der Waals surface area contributed by atoms with E-state index in [1.165, 1.54) is 0 Å². The molecule has 0 atom stereocenters. The molecule has 0 aliphatic carbocycles. The molecular weight excluding hydrogens is 237 g/mol. The molecule has 0 heterocycles. The fourth-order valence-corrected chi connectivity index (χ4v) is 0.517. The molecule has 4 nitrogen and oxygen atoms in total. The number of hydrogen-bond acceptors (Lipinski definition) is 4. The number of hydrogen-bond donors (Lipinski definition) is 0. The third-order valence-electron chi connectivity index (χ3n) is 0.848. The summed E-state index contributed by atoms with van der Waals surface area (Å²) in [6, 6.07) is -2.05. The van der Waals surface area contributed by atoms with Crippen LogP contribution in [0.1, 0.15) is 0 Å². The summed E-state index contributed by atoms with van der Waals surface area (Å²) >= 11 is 0. The molecule has 0 fully saturated rings. The Morgan fingerprint density at radius 3 is 2.07 bits per heavy atom. The fourth-order valence-electron chi connectivity index (χ4n) is 0.274. The number of rotatable bonds is 4. The van der Waals surface area contributed by atoms with E-state index in [0.717, 1.165) is 0 Å². The van der Waals surface area contributed by atoms with Gasteiger partial charge in [-0.05, 0) is 0 Å². The van der Waals surface area contributed by atoms with Gasteiger partial charge in [-0.2, -0.15) is 21.6 Å². The Bertz CT molecular complexity index is 307. The maximum Gasteiger partial charge on any atom is 0.435 e. The first-order valence-corrected chi connectivity index (χ1v) is 4.48. The maximum atomic E-state index is 11.7. The van der Waals surface area contributed by atoms with Gasteiger partial charge in [-0.15, -0.1) is 0 Å². The molecule has 0 N–H and O–H groups in total. The SMILES string of the molecule is O=S(=O)(CF)O/N=C(\CF)C(F)(F)F. The van der Waals surface area contributed by atoms with E-state index in [1.54, 1.807) is 0 Å². The number of oxime groups is 1. The van der Waals surface area contributed by atoms with Crippen molar-refractivity contribution in [2.75, 3.05) is 12.7 Å². The van der Waals surface area contributed by atoms with Crippen LogP contribution in [0.15, 0.2) is 5.16 Å². The van der Waals surface area contributed by atoms with Crippen molar-refractivity contribution in [2.24, 2.45) is 5.16 Å². The van der Waals surface area contributed by atoms with Gasteiger partial charge in [-0.1, -0.05) is 5.16 Å². The Morgan fingerprint density at radius 1 is 1.29 bits per heavy atom. The second kappa shape index (κ2) is 4.53. The zero-order valence-electron chi connectivity index (χ0n) is 6.38. The number of halogens is 5. The average Bonchev–Trinajstić information content (AvgIpc) is 2.03. The predicted molar refractivity (Wildman–Crippen MR) is 35.4 cm³/mol. The van der Waals surface area contributed by atoms with Crippen LogP contribution in [0.25, 0.3) is 0 Å². The van der Waals surface area contributed by atoms with Gasteiger partial charge >= 0.3 is 16.3 Å². The molecule has 14 heavy (non-hydrogen) atoms. The summed E-state index contributed by atoms with van der Waals surface area (Å²) < 4.78 is 81.5. The summed E-state index contributed by atoms with van der Waals surface area (Å²) in [5.74, 6) is 0. The van der Waals surface area contributed by atoms with Crippen LogP contribution < -0.4 is 0 Å². The molecule has 0 rings (SSSR count). The highest BCUT2D eigenvalue weighted by atomic mass is 32.2. The molecule has 0 aromatic rings. The Balaban J connectivity index is 4.66. The standard InChI is InChI=1S/C4H4F5NO3S/c5-1-3(4(7,8)9)10-13-14(11,12)2-6/h1-2H2/b10-3+. The molecular formula is C4H4F5NO3S. The Hall–Kier alpha value is -0.930. The van der Waals surface area contributed by atoms with Crippen LogP contribution in [-0.4, -0.2) is 33.0 Å². The molecule has 0 amide bonds. The summed E-state index contributed by atoms with van der Waals surface area (Å²) in [6.45, 7) is -2.06. The van der Waals surface area contributed by atoms with Crippen molar-refractivity contribution in [3.63, 3.8) is 0 Å². The first kappa shape index (κ1) is 13.1. The lowest BCUT2D eigenvalue weighted by Crippen LogP contribution is -2.25. The Labute approximate surface area is 75.5 Å². The second-order valence-electron chi connectivity index (χ2n) is 1.91. The lowest BCUT2D eigenvalue weighted by atomic mass is 10.4. The summed E-state index contributed by atoms with van der Waals surface area (Å²) in [6.07, 6.45) is -5.15. The highest BCUT2D eigenvalue weighted by Gasteiger charge is 2.37. The van der Waals surface area contributed by atoms with Gasteiger partial charge in [0.25, 0.3) is 0 Å². The predicted octanol–water partition coefficient (Wildman–Crippen LogP) is 1.15. The van der Waals surface area contributed by atoms with Crippen molar-refractivity contribution in [3.8, 4) is 0 Å². The van der Waals surface area contributed by atoms with Crippen molar-refractivity contribution in [1.82, 2.24) is 0 Å². The minimum Gasteiger partial charge on any atom is -0.266 e. The molecule has 0 saturated carbocycles. The van der Waals surface area contributed by atoms with E-state index >= 15 is 0 Å². The minimum atomic E-state index is -5.15. The Kier molecular flexibility index (Phi) is 4.23. The van der Waals surface area contributed by atoms with E-state index in [9.17, 15) is 30.4 Å². The topological polar surface area (TPSA) is 55.7 Å². The molecule has 10 heteroatoms. The summed E-state index contributed by atoms with van der Waals surface area (Å²) in [5.41, 5.74) is -2.09. The molecule has 0 bridgehead atoms. The molecule has 0 aliphatic rings. The van der Waals surface area contributed by atoms with Crippen LogP contribution in [0, 0.1) is 0 Å². The molecule has 84 valence electrons. The minimum absolute atomic E-state index is 1.94. The van der Waals surface area contributed by atoms with Gasteiger partial charge in [0.05, 0.1) is 0 Å². The molecule has 0 radical (unpaired) electrons. The zero-order valence-corrected chi connectivity index (χ0v) is 7.20. The summed E-state index contributed by atoms with van der Waals surface area (Å²) in [4.78, 5) is 0. The molecule has 0 aliphatic heterocycles. The molecule has 0 aromatic heterocycles. The maximum absolute atomic E-state index is 11.7. The van der Waals surface area contributed by atoms with E-state index in [0.29, 0.717) is 0 Å². The van der Waals surface area contributed by atoms with Gasteiger partial charge in [0, 0.05) is 0 Å². The third-order valence-corrected chi connectivity index (χ3v) is 1.42. The third kappa shape index (κ3) is 4.35. The average molecular weight is 241 g/mol. The quantitative estimate of drug-likeness (QED) is 0.421. The summed E-state index contributed by atoms with van der Waals surface area (Å²) in [7, 11) is -4.81. The lowest BCUT2D eigenvalue weighted by Gasteiger charge is -2.05. The largest absolute Gasteiger partial charge is 0.435 e. The van der Waals surface area contributed by atoms with Gasteiger partial charge in [0.1, 0.15) is 6.67 Å². The van der Waals surface area contributed by atoms with Crippen molar-refractivity contribution in [2.45, 2.75) is 6.18 Å². The molecule has 0 aromatic carbocycles. The van der Waals surface area contributed by atoms with Crippen molar-refractivity contribution in [3.05, 3.63) is 0 Å². The van der Waals surface area contributed by atoms with Crippen LogP contribution in [0.4, 0.5) is 22.0 Å². The zero-order chi connectivity index (χ0) is 11.4. The van der Waals surface area contributed by atoms with Crippen LogP contribution >= 0.6 is 0 Å². The summed E-state index contributed by atoms with van der Waals surface area (Å²) in [5, 5.41) is 1.94. The Morgan fingerprint density at radius 2 is 1.79 bits per heavy atom. The van der Waals surface area contributed by atoms with Crippen molar-refractivity contribution in [1.29, 1.82) is 0 Å². The number of nitrogens with zero attached hydrogens (tertiary/aromatic N) is 1. The van der Waals surface area contributed by atoms with E-state index in [4.69, 9.17) is 0 Å². The molecule has 0 unspecified atom stereocenters. The van der Waals surface area contributed by atoms with Gasteiger partial charge in [0.2, 0.25) is 6.01 Å². The van der Waals surface area contributed by atoms with Gasteiger partial charge in [-0.3, -0.25) is 4.28 Å². The normalized spacial score (nSPS) is 14.2. The highest BCUT2D eigenvalue weighted by Crippen LogP contribution is 2.18. The highest BCUT2D eigenvalue weighted by molar-refractivity contribution is 7.86. The van der Waals surface area contributed by atoms with E-state index in [1.807, 2.05) is 5.16 Å². The van der Waals surface area contributed by atoms with E-state index < -0.39 is 34.7 Å². The van der Waals surface area contributed by atoms with Crippen molar-refractivity contribution < 1.29 is 34.7 Å². The fraction of sp³-hybridized carbons (Fsp3) is 0.750. The second-order valence-corrected chi connectivity index (χ2v) is 3.39. The van der Waals surface area contributed by atoms with Crippen molar-refractivity contribution >= 4 is 15.8 Å². The van der Waals surface area contributed by atoms with Crippen LogP contribution in [0.5, 0.6) is 0 Å². The van der Waals surface area contributed by atoms with Crippen LogP contribution in [-0.2, 0) is 14.4 Å². The first-order chi connectivity index (χ1) is 6.23. The van der Waals surface area contributed by atoms with Gasteiger partial charge in [-0.25, -0.2) is 8.78 Å². The number of alkyl halides is 5. The van der Waals surface area contributed by atoms with Gasteiger partial charge < -0.3 is 0 Å². The van der Waals surface area contributed by atoms with E-state index in [2.05, 4.69) is 4.28 Å². The first-order valence-electron chi connectivity index (χ1n) is 2.90. The van der Waals surface area contributed by atoms with E-state index in [-0.39, 0.29) is 0 Å². The van der Waals surface area contributed by atoms with Gasteiger partial charge in [0.15, 0.2) is 5.71 Å². The van der Waals surface area contributed by atoms with Crippen LogP contribution in [0.2, 0.25) is 0 Å². The monoisotopic (exact) mass is 241 g/mol. The molecule has 0 saturated heterocycles. The smallest absolute Gasteiger partial charge is 0.266 e. The van der Waals surface area contributed by atoms with Crippen LogP contribution in [0.3, 0.4) is 0 Å².